The summed E-state index contributed by atoms with van der Waals surface area (Å²) in [5.41, 5.74) is 6.36. The van der Waals surface area contributed by atoms with Crippen LogP contribution in [0.5, 0.6) is 5.75 Å². The summed E-state index contributed by atoms with van der Waals surface area (Å²) in [5.74, 6) is 0.476. The van der Waals surface area contributed by atoms with Crippen LogP contribution in [0.1, 0.15) is 25.3 Å². The number of rotatable bonds is 5. The first kappa shape index (κ1) is 13.2. The van der Waals surface area contributed by atoms with E-state index < -0.39 is 6.10 Å². The Balaban J connectivity index is 2.03. The highest BCUT2D eigenvalue weighted by Crippen LogP contribution is 2.27. The number of halogens is 1. The van der Waals surface area contributed by atoms with E-state index in [0.29, 0.717) is 16.8 Å². The number of carbonyl (C=O) groups is 1. The monoisotopic (exact) mass is 268 g/mol. The van der Waals surface area contributed by atoms with Crippen molar-refractivity contribution in [1.82, 2.24) is 5.32 Å². The van der Waals surface area contributed by atoms with E-state index in [1.165, 1.54) is 0 Å². The lowest BCUT2D eigenvalue weighted by Gasteiger charge is -2.17. The Labute approximate surface area is 111 Å². The van der Waals surface area contributed by atoms with Gasteiger partial charge in [0.1, 0.15) is 5.75 Å². The quantitative estimate of drug-likeness (QED) is 0.857. The van der Waals surface area contributed by atoms with Crippen LogP contribution in [0.15, 0.2) is 18.2 Å². The van der Waals surface area contributed by atoms with Crippen molar-refractivity contribution in [3.63, 3.8) is 0 Å². The van der Waals surface area contributed by atoms with E-state index in [9.17, 15) is 4.79 Å². The molecule has 1 aliphatic rings. The number of ether oxygens (including phenoxy) is 1. The molecule has 2 rings (SSSR count). The first-order valence-corrected chi connectivity index (χ1v) is 6.44. The maximum atomic E-state index is 11.8. The van der Waals surface area contributed by atoms with Gasteiger partial charge in [-0.15, -0.1) is 0 Å². The van der Waals surface area contributed by atoms with Crippen LogP contribution in [0, 0.1) is 0 Å². The third-order valence-corrected chi connectivity index (χ3v) is 3.23. The van der Waals surface area contributed by atoms with Crippen LogP contribution in [0.3, 0.4) is 0 Å². The molecule has 1 aliphatic carbocycles. The SMILES string of the molecule is CC(Oc1cccc(Cl)c1CN)C(=O)NC1CC1. The summed E-state index contributed by atoms with van der Waals surface area (Å²) >= 11 is 6.03. The molecule has 0 bridgehead atoms. The van der Waals surface area contributed by atoms with Gasteiger partial charge in [0.25, 0.3) is 5.91 Å². The minimum absolute atomic E-state index is 0.0968. The molecule has 0 aliphatic heterocycles. The van der Waals surface area contributed by atoms with Crippen LogP contribution in [0.4, 0.5) is 0 Å². The number of nitrogens with one attached hydrogen (secondary N) is 1. The Bertz CT molecular complexity index is 447. The van der Waals surface area contributed by atoms with Crippen LogP contribution in [-0.4, -0.2) is 18.1 Å². The average molecular weight is 269 g/mol. The minimum atomic E-state index is -0.547. The van der Waals surface area contributed by atoms with E-state index in [-0.39, 0.29) is 12.5 Å². The summed E-state index contributed by atoms with van der Waals surface area (Å²) in [5, 5.41) is 3.46. The number of nitrogens with two attached hydrogens (primary N) is 1. The van der Waals surface area contributed by atoms with Crippen LogP contribution >= 0.6 is 11.6 Å². The molecule has 1 atom stereocenters. The predicted molar refractivity (Wildman–Crippen MR) is 70.6 cm³/mol. The van der Waals surface area contributed by atoms with Crippen molar-refractivity contribution in [3.8, 4) is 5.75 Å². The average Bonchev–Trinajstić information content (AvgIpc) is 3.13. The number of benzene rings is 1. The van der Waals surface area contributed by atoms with Gasteiger partial charge in [0.05, 0.1) is 0 Å². The van der Waals surface area contributed by atoms with Crippen LogP contribution in [0.2, 0.25) is 5.02 Å². The van der Waals surface area contributed by atoms with Gasteiger partial charge in [0, 0.05) is 23.2 Å². The third-order valence-electron chi connectivity index (χ3n) is 2.88. The maximum absolute atomic E-state index is 11.8. The Kier molecular flexibility index (Phi) is 4.09. The number of hydrogen-bond acceptors (Lipinski definition) is 3. The van der Waals surface area contributed by atoms with Crippen molar-refractivity contribution in [1.29, 1.82) is 0 Å². The van der Waals surface area contributed by atoms with Gasteiger partial charge in [0.15, 0.2) is 6.10 Å². The molecule has 0 heterocycles. The van der Waals surface area contributed by atoms with Gasteiger partial charge < -0.3 is 15.8 Å². The maximum Gasteiger partial charge on any atom is 0.260 e. The van der Waals surface area contributed by atoms with E-state index >= 15 is 0 Å². The van der Waals surface area contributed by atoms with Gasteiger partial charge in [-0.25, -0.2) is 0 Å². The van der Waals surface area contributed by atoms with Gasteiger partial charge >= 0.3 is 0 Å². The third kappa shape index (κ3) is 3.15. The van der Waals surface area contributed by atoms with Gasteiger partial charge in [0.2, 0.25) is 0 Å². The lowest BCUT2D eigenvalue weighted by atomic mass is 10.2. The van der Waals surface area contributed by atoms with Crippen molar-refractivity contribution < 1.29 is 9.53 Å². The standard InChI is InChI=1S/C13H17ClN2O2/c1-8(13(17)16-9-5-6-9)18-12-4-2-3-11(14)10(12)7-15/h2-4,8-9H,5-7,15H2,1H3,(H,16,17). The highest BCUT2D eigenvalue weighted by atomic mass is 35.5. The molecule has 0 aromatic heterocycles. The lowest BCUT2D eigenvalue weighted by Crippen LogP contribution is -2.37. The zero-order valence-corrected chi connectivity index (χ0v) is 11.0. The Morgan fingerprint density at radius 2 is 2.33 bits per heavy atom. The normalized spacial score (nSPS) is 16.2. The molecule has 1 saturated carbocycles. The molecule has 4 nitrogen and oxygen atoms in total. The van der Waals surface area contributed by atoms with Crippen LogP contribution < -0.4 is 15.8 Å². The van der Waals surface area contributed by atoms with Crippen molar-refractivity contribution in [2.45, 2.75) is 38.5 Å². The van der Waals surface area contributed by atoms with Gasteiger partial charge in [-0.3, -0.25) is 4.79 Å². The van der Waals surface area contributed by atoms with Crippen molar-refractivity contribution in [2.75, 3.05) is 0 Å². The number of amides is 1. The predicted octanol–water partition coefficient (Wildman–Crippen LogP) is 1.84. The first-order valence-electron chi connectivity index (χ1n) is 6.06. The molecule has 0 spiro atoms. The lowest BCUT2D eigenvalue weighted by molar-refractivity contribution is -0.127. The van der Waals surface area contributed by atoms with Crippen LogP contribution in [0.25, 0.3) is 0 Å². The molecule has 0 saturated heterocycles. The second kappa shape index (κ2) is 5.59. The minimum Gasteiger partial charge on any atom is -0.481 e. The summed E-state index contributed by atoms with van der Waals surface area (Å²) in [6.45, 7) is 2.00. The summed E-state index contributed by atoms with van der Waals surface area (Å²) in [4.78, 5) is 11.8. The Morgan fingerprint density at radius 3 is 2.94 bits per heavy atom. The van der Waals surface area contributed by atoms with Crippen molar-refractivity contribution in [3.05, 3.63) is 28.8 Å². The molecule has 1 unspecified atom stereocenters. The molecular formula is C13H17ClN2O2. The summed E-state index contributed by atoms with van der Waals surface area (Å²) in [7, 11) is 0. The van der Waals surface area contributed by atoms with Crippen LogP contribution in [-0.2, 0) is 11.3 Å². The molecule has 1 aromatic rings. The highest BCUT2D eigenvalue weighted by molar-refractivity contribution is 6.31. The van der Waals surface area contributed by atoms with E-state index in [0.717, 1.165) is 18.4 Å². The molecule has 5 heteroatoms. The molecule has 98 valence electrons. The zero-order chi connectivity index (χ0) is 13.1. The molecule has 18 heavy (non-hydrogen) atoms. The highest BCUT2D eigenvalue weighted by Gasteiger charge is 2.26. The largest absolute Gasteiger partial charge is 0.481 e. The summed E-state index contributed by atoms with van der Waals surface area (Å²) in [6, 6.07) is 5.64. The Morgan fingerprint density at radius 1 is 1.61 bits per heavy atom. The van der Waals surface area contributed by atoms with E-state index in [1.54, 1.807) is 25.1 Å². The Hall–Kier alpha value is -1.26. The molecule has 3 N–H and O–H groups in total. The number of hydrogen-bond donors (Lipinski definition) is 2. The second-order valence-corrected chi connectivity index (χ2v) is 4.87. The zero-order valence-electron chi connectivity index (χ0n) is 10.3. The molecular weight excluding hydrogens is 252 g/mol. The molecule has 0 radical (unpaired) electrons. The molecule has 1 amide bonds. The second-order valence-electron chi connectivity index (χ2n) is 4.46. The summed E-state index contributed by atoms with van der Waals surface area (Å²) in [6.07, 6.45) is 1.57. The smallest absolute Gasteiger partial charge is 0.260 e. The van der Waals surface area contributed by atoms with Crippen molar-refractivity contribution in [2.24, 2.45) is 5.73 Å². The topological polar surface area (TPSA) is 64.3 Å². The van der Waals surface area contributed by atoms with E-state index in [4.69, 9.17) is 22.1 Å². The molecule has 1 fully saturated rings. The van der Waals surface area contributed by atoms with E-state index in [2.05, 4.69) is 5.32 Å². The van der Waals surface area contributed by atoms with E-state index in [1.807, 2.05) is 0 Å². The number of carbonyl (C=O) groups excluding carboxylic acids is 1. The van der Waals surface area contributed by atoms with Crippen molar-refractivity contribution >= 4 is 17.5 Å². The molecule has 1 aromatic carbocycles. The fourth-order valence-electron chi connectivity index (χ4n) is 1.64. The summed E-state index contributed by atoms with van der Waals surface area (Å²) < 4.78 is 5.63. The van der Waals surface area contributed by atoms with Gasteiger partial charge in [-0.05, 0) is 31.9 Å². The fraction of sp³-hybridized carbons (Fsp3) is 0.462. The van der Waals surface area contributed by atoms with Gasteiger partial charge in [-0.1, -0.05) is 17.7 Å². The first-order chi connectivity index (χ1) is 8.61. The van der Waals surface area contributed by atoms with Gasteiger partial charge in [-0.2, -0.15) is 0 Å². The fourth-order valence-corrected chi connectivity index (χ4v) is 1.88.